The molecule has 160 valence electrons. The van der Waals surface area contributed by atoms with Gasteiger partial charge in [0.15, 0.2) is 0 Å². The molecule has 0 bridgehead atoms. The Morgan fingerprint density at radius 1 is 1.06 bits per heavy atom. The number of nitriles is 1. The van der Waals surface area contributed by atoms with E-state index >= 15 is 0 Å². The lowest BCUT2D eigenvalue weighted by Gasteiger charge is -2.26. The fourth-order valence-electron chi connectivity index (χ4n) is 3.91. The van der Waals surface area contributed by atoms with Crippen LogP contribution in [0.1, 0.15) is 31.2 Å². The quantitative estimate of drug-likeness (QED) is 0.509. The molecule has 0 amide bonds. The maximum absolute atomic E-state index is 9.67. The van der Waals surface area contributed by atoms with E-state index < -0.39 is 0 Å². The molecule has 2 heterocycles. The van der Waals surface area contributed by atoms with E-state index in [9.17, 15) is 5.26 Å². The van der Waals surface area contributed by atoms with Gasteiger partial charge in [-0.3, -0.25) is 4.98 Å². The summed E-state index contributed by atoms with van der Waals surface area (Å²) in [5.74, 6) is 1.97. The molecule has 1 N–H and O–H groups in total. The number of anilines is 1. The number of hydrogen-bond acceptors (Lipinski definition) is 6. The van der Waals surface area contributed by atoms with E-state index in [1.807, 2.05) is 43.4 Å². The molecule has 1 aromatic heterocycles. The molecule has 2 aromatic carbocycles. The van der Waals surface area contributed by atoms with Crippen molar-refractivity contribution in [2.45, 2.75) is 25.7 Å². The zero-order valence-corrected chi connectivity index (χ0v) is 17.9. The molecule has 6 nitrogen and oxygen atoms in total. The van der Waals surface area contributed by atoms with Crippen LogP contribution in [0.2, 0.25) is 0 Å². The molecule has 0 radical (unpaired) electrons. The van der Waals surface area contributed by atoms with Crippen molar-refractivity contribution in [3.8, 4) is 23.3 Å². The van der Waals surface area contributed by atoms with E-state index in [2.05, 4.69) is 21.3 Å². The van der Waals surface area contributed by atoms with Crippen LogP contribution < -0.4 is 14.8 Å². The minimum atomic E-state index is 0.494. The number of benzene rings is 2. The molecule has 1 aliphatic heterocycles. The van der Waals surface area contributed by atoms with Gasteiger partial charge < -0.3 is 19.7 Å². The molecule has 1 aliphatic rings. The summed E-state index contributed by atoms with van der Waals surface area (Å²) in [6, 6.07) is 15.4. The average Bonchev–Trinajstić information content (AvgIpc) is 2.82. The van der Waals surface area contributed by atoms with E-state index in [-0.39, 0.29) is 0 Å². The monoisotopic (exact) mass is 416 g/mol. The molecule has 31 heavy (non-hydrogen) atoms. The van der Waals surface area contributed by atoms with Gasteiger partial charge in [-0.15, -0.1) is 0 Å². The van der Waals surface area contributed by atoms with Crippen LogP contribution in [0.3, 0.4) is 0 Å². The fraction of sp³-hybridized carbons (Fsp3) is 0.360. The zero-order chi connectivity index (χ0) is 21.5. The molecule has 3 aromatic rings. The molecule has 0 aliphatic carbocycles. The van der Waals surface area contributed by atoms with Crippen molar-refractivity contribution >= 4 is 16.6 Å². The highest BCUT2D eigenvalue weighted by Crippen LogP contribution is 2.33. The van der Waals surface area contributed by atoms with Gasteiger partial charge in [-0.1, -0.05) is 6.42 Å². The SMILES string of the molecule is CNc1ccc(Oc2ccnc3cc(OCCCN4CCCCC4)c(C#N)cc23)cc1. The van der Waals surface area contributed by atoms with Crippen LogP contribution in [0.15, 0.2) is 48.7 Å². The number of nitrogens with zero attached hydrogens (tertiary/aromatic N) is 3. The van der Waals surface area contributed by atoms with Gasteiger partial charge in [-0.25, -0.2) is 0 Å². The lowest BCUT2D eigenvalue weighted by Crippen LogP contribution is -2.31. The molecular formula is C25H28N4O2. The van der Waals surface area contributed by atoms with Crippen molar-refractivity contribution in [1.29, 1.82) is 5.26 Å². The number of hydrogen-bond donors (Lipinski definition) is 1. The van der Waals surface area contributed by atoms with Crippen molar-refractivity contribution in [3.05, 3.63) is 54.2 Å². The summed E-state index contributed by atoms with van der Waals surface area (Å²) in [5, 5.41) is 13.5. The Balaban J connectivity index is 1.47. The maximum Gasteiger partial charge on any atom is 0.139 e. The van der Waals surface area contributed by atoms with Crippen LogP contribution in [-0.2, 0) is 0 Å². The lowest BCUT2D eigenvalue weighted by atomic mass is 10.1. The van der Waals surface area contributed by atoms with Crippen LogP contribution in [0.25, 0.3) is 10.9 Å². The summed E-state index contributed by atoms with van der Waals surface area (Å²) in [6.45, 7) is 4.00. The number of piperidine rings is 1. The summed E-state index contributed by atoms with van der Waals surface area (Å²) in [7, 11) is 1.88. The Hall–Kier alpha value is -3.30. The van der Waals surface area contributed by atoms with Crippen LogP contribution in [-0.4, -0.2) is 43.2 Å². The molecule has 6 heteroatoms. The summed E-state index contributed by atoms with van der Waals surface area (Å²) in [4.78, 5) is 6.95. The summed E-state index contributed by atoms with van der Waals surface area (Å²) in [6.07, 6.45) is 6.59. The first kappa shape index (κ1) is 21.0. The van der Waals surface area contributed by atoms with Crippen LogP contribution in [0, 0.1) is 11.3 Å². The summed E-state index contributed by atoms with van der Waals surface area (Å²) in [5.41, 5.74) is 2.25. The van der Waals surface area contributed by atoms with Gasteiger partial charge in [0.25, 0.3) is 0 Å². The first-order valence-corrected chi connectivity index (χ1v) is 10.9. The van der Waals surface area contributed by atoms with Gasteiger partial charge in [0, 0.05) is 36.9 Å². The highest BCUT2D eigenvalue weighted by molar-refractivity contribution is 5.88. The zero-order valence-electron chi connectivity index (χ0n) is 17.9. The molecule has 0 atom stereocenters. The molecule has 0 saturated carbocycles. The smallest absolute Gasteiger partial charge is 0.139 e. The number of rotatable bonds is 8. The third kappa shape index (κ3) is 5.25. The first-order chi connectivity index (χ1) is 15.3. The van der Waals surface area contributed by atoms with Gasteiger partial charge in [0.05, 0.1) is 17.7 Å². The average molecular weight is 417 g/mol. The molecule has 4 rings (SSSR count). The molecule has 1 fully saturated rings. The molecule has 0 unspecified atom stereocenters. The van der Waals surface area contributed by atoms with Crippen LogP contribution in [0.4, 0.5) is 5.69 Å². The van der Waals surface area contributed by atoms with Crippen molar-refractivity contribution in [1.82, 2.24) is 9.88 Å². The Morgan fingerprint density at radius 3 is 2.61 bits per heavy atom. The molecular weight excluding hydrogens is 388 g/mol. The number of aromatic nitrogens is 1. The minimum Gasteiger partial charge on any atom is -0.492 e. The third-order valence-electron chi connectivity index (χ3n) is 5.62. The summed E-state index contributed by atoms with van der Waals surface area (Å²) >= 11 is 0. The number of nitrogens with one attached hydrogen (secondary N) is 1. The Morgan fingerprint density at radius 2 is 1.87 bits per heavy atom. The van der Waals surface area contributed by atoms with Gasteiger partial charge in [0.2, 0.25) is 0 Å². The number of fused-ring (bicyclic) bond motifs is 1. The van der Waals surface area contributed by atoms with E-state index in [1.165, 1.54) is 32.4 Å². The maximum atomic E-state index is 9.67. The minimum absolute atomic E-state index is 0.494. The largest absolute Gasteiger partial charge is 0.492 e. The van der Waals surface area contributed by atoms with E-state index in [1.54, 1.807) is 12.3 Å². The second-order valence-corrected chi connectivity index (χ2v) is 7.77. The van der Waals surface area contributed by atoms with Gasteiger partial charge in [0.1, 0.15) is 23.3 Å². The molecule has 0 spiro atoms. The predicted octanol–water partition coefficient (Wildman–Crippen LogP) is 5.20. The molecule has 1 saturated heterocycles. The third-order valence-corrected chi connectivity index (χ3v) is 5.62. The Bertz CT molecular complexity index is 1050. The number of likely N-dealkylation sites (tertiary alicyclic amines) is 1. The number of ether oxygens (including phenoxy) is 2. The number of pyridine rings is 1. The predicted molar refractivity (Wildman–Crippen MR) is 123 cm³/mol. The lowest BCUT2D eigenvalue weighted by molar-refractivity contribution is 0.205. The van der Waals surface area contributed by atoms with Crippen molar-refractivity contribution in [3.63, 3.8) is 0 Å². The highest BCUT2D eigenvalue weighted by Gasteiger charge is 2.13. The van der Waals surface area contributed by atoms with Crippen molar-refractivity contribution < 1.29 is 9.47 Å². The standard InChI is InChI=1S/C25H28N4O2/c1-27-20-6-8-21(9-7-20)31-24-10-11-28-23-17-25(19(18-26)16-22(23)24)30-15-5-14-29-12-3-2-4-13-29/h6-11,16-17,27H,2-5,12-15H2,1H3. The van der Waals surface area contributed by atoms with Crippen LogP contribution in [0.5, 0.6) is 17.2 Å². The van der Waals surface area contributed by atoms with E-state index in [0.29, 0.717) is 23.7 Å². The second-order valence-electron chi connectivity index (χ2n) is 7.77. The van der Waals surface area contributed by atoms with Crippen LogP contribution >= 0.6 is 0 Å². The van der Waals surface area contributed by atoms with Gasteiger partial charge in [-0.05, 0) is 68.8 Å². The highest BCUT2D eigenvalue weighted by atomic mass is 16.5. The van der Waals surface area contributed by atoms with E-state index in [0.717, 1.165) is 35.3 Å². The fourth-order valence-corrected chi connectivity index (χ4v) is 3.91. The van der Waals surface area contributed by atoms with E-state index in [4.69, 9.17) is 9.47 Å². The van der Waals surface area contributed by atoms with Gasteiger partial charge in [-0.2, -0.15) is 5.26 Å². The summed E-state index contributed by atoms with van der Waals surface area (Å²) < 4.78 is 12.0. The normalized spacial score (nSPS) is 14.2. The Labute approximate surface area is 183 Å². The Kier molecular flexibility index (Phi) is 6.85. The second kappa shape index (κ2) is 10.1. The van der Waals surface area contributed by atoms with Gasteiger partial charge >= 0.3 is 0 Å². The van der Waals surface area contributed by atoms with Crippen molar-refractivity contribution in [2.75, 3.05) is 38.6 Å². The first-order valence-electron chi connectivity index (χ1n) is 10.9. The topological polar surface area (TPSA) is 70.4 Å². The van der Waals surface area contributed by atoms with Crippen molar-refractivity contribution in [2.24, 2.45) is 0 Å².